The van der Waals surface area contributed by atoms with Gasteiger partial charge in [0.2, 0.25) is 0 Å². The number of hydrogen-bond donors (Lipinski definition) is 0. The van der Waals surface area contributed by atoms with Gasteiger partial charge in [-0.05, 0) is 26.2 Å². The number of hydrogen-bond acceptors (Lipinski definition) is 1. The van der Waals surface area contributed by atoms with E-state index in [0.29, 0.717) is 0 Å². The summed E-state index contributed by atoms with van der Waals surface area (Å²) >= 11 is 0. The van der Waals surface area contributed by atoms with Gasteiger partial charge in [0.1, 0.15) is 5.82 Å². The van der Waals surface area contributed by atoms with Crippen LogP contribution in [0.1, 0.15) is 25.1 Å². The van der Waals surface area contributed by atoms with E-state index in [9.17, 15) is 0 Å². The molecule has 0 aliphatic carbocycles. The predicted octanol–water partition coefficient (Wildman–Crippen LogP) is 1.95. The maximum atomic E-state index is 6.73. The molecule has 0 unspecified atom stereocenters. The van der Waals surface area contributed by atoms with E-state index in [1.165, 1.54) is 0 Å². The minimum absolute atomic E-state index is 0.772. The van der Waals surface area contributed by atoms with Crippen LogP contribution in [0.25, 0.3) is 0 Å². The van der Waals surface area contributed by atoms with E-state index in [4.69, 9.17) is 6.42 Å². The Morgan fingerprint density at radius 1 is 1.58 bits per heavy atom. The van der Waals surface area contributed by atoms with E-state index in [1.807, 2.05) is 19.3 Å². The maximum absolute atomic E-state index is 6.73. The van der Waals surface area contributed by atoms with Crippen LogP contribution < -0.4 is 0 Å². The van der Waals surface area contributed by atoms with E-state index >= 15 is 0 Å². The number of nitrogens with zero attached hydrogens (tertiary/aromatic N) is 2. The van der Waals surface area contributed by atoms with Crippen molar-refractivity contribution in [2.75, 3.05) is 0 Å². The smallest absolute Gasteiger partial charge is 0.105 e. The molecule has 0 saturated carbocycles. The van der Waals surface area contributed by atoms with Gasteiger partial charge in [-0.3, -0.25) is 0 Å². The zero-order chi connectivity index (χ0) is 8.81. The van der Waals surface area contributed by atoms with Crippen molar-refractivity contribution < 1.29 is 0 Å². The number of imidazole rings is 1. The Hall–Kier alpha value is -1.23. The fourth-order valence-corrected chi connectivity index (χ4v) is 1.14. The molecule has 0 atom stereocenters. The first-order valence-electron chi connectivity index (χ1n) is 4.22. The number of aromatic nitrogens is 2. The molecule has 0 N–H and O–H groups in total. The highest BCUT2D eigenvalue weighted by atomic mass is 15.0. The van der Waals surface area contributed by atoms with Gasteiger partial charge in [-0.15, -0.1) is 0 Å². The van der Waals surface area contributed by atoms with Crippen LogP contribution in [0, 0.1) is 19.3 Å². The molecule has 1 heterocycles. The molecular formula is C10H13N2. The average Bonchev–Trinajstić information content (AvgIpc) is 2.46. The maximum Gasteiger partial charge on any atom is 0.105 e. The quantitative estimate of drug-likeness (QED) is 0.487. The molecule has 0 fully saturated rings. The first-order chi connectivity index (χ1) is 5.84. The van der Waals surface area contributed by atoms with E-state index in [2.05, 4.69) is 15.5 Å². The molecule has 0 aliphatic heterocycles. The first kappa shape index (κ1) is 8.86. The fraction of sp³-hybridized carbons (Fsp3) is 0.500. The molecule has 2 nitrogen and oxygen atoms in total. The van der Waals surface area contributed by atoms with Crippen LogP contribution in [0.15, 0.2) is 12.4 Å². The SMILES string of the molecule is [C]#CCCCCn1ccnc1C. The monoisotopic (exact) mass is 161 g/mol. The van der Waals surface area contributed by atoms with E-state index in [-0.39, 0.29) is 0 Å². The summed E-state index contributed by atoms with van der Waals surface area (Å²) in [5, 5.41) is 0. The summed E-state index contributed by atoms with van der Waals surface area (Å²) in [5.74, 6) is 3.45. The molecule has 12 heavy (non-hydrogen) atoms. The normalized spacial score (nSPS) is 9.67. The van der Waals surface area contributed by atoms with Gasteiger partial charge in [-0.2, -0.15) is 0 Å². The number of unbranched alkanes of at least 4 members (excludes halogenated alkanes) is 2. The average molecular weight is 161 g/mol. The van der Waals surface area contributed by atoms with Gasteiger partial charge < -0.3 is 4.57 Å². The van der Waals surface area contributed by atoms with Gasteiger partial charge in [0.15, 0.2) is 0 Å². The molecule has 0 aliphatic rings. The standard InChI is InChI=1S/C10H13N2/c1-3-4-5-6-8-12-9-7-11-10(12)2/h7,9H,4-6,8H2,2H3. The Bertz CT molecular complexity index is 268. The topological polar surface area (TPSA) is 17.8 Å². The van der Waals surface area contributed by atoms with Gasteiger partial charge in [-0.1, -0.05) is 5.92 Å². The minimum Gasteiger partial charge on any atom is -0.335 e. The summed E-state index contributed by atoms with van der Waals surface area (Å²) in [6, 6.07) is 0. The highest BCUT2D eigenvalue weighted by Gasteiger charge is 1.94. The van der Waals surface area contributed by atoms with Crippen molar-refractivity contribution in [3.05, 3.63) is 24.6 Å². The summed E-state index contributed by atoms with van der Waals surface area (Å²) in [5.41, 5.74) is 0. The van der Waals surface area contributed by atoms with Crippen molar-refractivity contribution in [1.29, 1.82) is 0 Å². The molecule has 0 saturated heterocycles. The van der Waals surface area contributed by atoms with Crippen LogP contribution in [0.3, 0.4) is 0 Å². The van der Waals surface area contributed by atoms with Gasteiger partial charge in [0.25, 0.3) is 0 Å². The first-order valence-corrected chi connectivity index (χ1v) is 4.22. The Labute approximate surface area is 73.6 Å². The van der Waals surface area contributed by atoms with Crippen LogP contribution in [0.5, 0.6) is 0 Å². The molecule has 1 rings (SSSR count). The van der Waals surface area contributed by atoms with Gasteiger partial charge in [0.05, 0.1) is 0 Å². The number of rotatable bonds is 4. The van der Waals surface area contributed by atoms with E-state index in [0.717, 1.165) is 31.6 Å². The Morgan fingerprint density at radius 2 is 2.42 bits per heavy atom. The lowest BCUT2D eigenvalue weighted by atomic mass is 10.2. The highest BCUT2D eigenvalue weighted by molar-refractivity contribution is 4.88. The summed E-state index contributed by atoms with van der Waals surface area (Å²) < 4.78 is 2.13. The van der Waals surface area contributed by atoms with Crippen LogP contribution >= 0.6 is 0 Å². The van der Waals surface area contributed by atoms with Gasteiger partial charge in [-0.25, -0.2) is 4.98 Å². The Kier molecular flexibility index (Phi) is 3.40. The second kappa shape index (κ2) is 4.61. The molecule has 1 aromatic heterocycles. The zero-order valence-electron chi connectivity index (χ0n) is 7.38. The summed E-state index contributed by atoms with van der Waals surface area (Å²) in [7, 11) is 0. The predicted molar refractivity (Wildman–Crippen MR) is 47.9 cm³/mol. The van der Waals surface area contributed by atoms with Crippen molar-refractivity contribution in [3.63, 3.8) is 0 Å². The second-order valence-corrected chi connectivity index (χ2v) is 2.80. The molecular weight excluding hydrogens is 148 g/mol. The molecule has 1 radical (unpaired) electrons. The zero-order valence-corrected chi connectivity index (χ0v) is 7.38. The van der Waals surface area contributed by atoms with Crippen molar-refractivity contribution >= 4 is 0 Å². The van der Waals surface area contributed by atoms with E-state index in [1.54, 1.807) is 0 Å². The number of aryl methyl sites for hydroxylation is 2. The largest absolute Gasteiger partial charge is 0.335 e. The van der Waals surface area contributed by atoms with Crippen LogP contribution in [0.2, 0.25) is 0 Å². The molecule has 63 valence electrons. The molecule has 0 amide bonds. The van der Waals surface area contributed by atoms with Crippen molar-refractivity contribution in [3.8, 4) is 5.92 Å². The minimum atomic E-state index is 0.772. The second-order valence-electron chi connectivity index (χ2n) is 2.80. The summed E-state index contributed by atoms with van der Waals surface area (Å²) in [4.78, 5) is 4.13. The lowest BCUT2D eigenvalue weighted by Crippen LogP contribution is -1.98. The molecule has 2 heteroatoms. The summed E-state index contributed by atoms with van der Waals surface area (Å²) in [6.45, 7) is 3.01. The Morgan fingerprint density at radius 3 is 3.00 bits per heavy atom. The van der Waals surface area contributed by atoms with Gasteiger partial charge >= 0.3 is 0 Å². The van der Waals surface area contributed by atoms with E-state index < -0.39 is 0 Å². The Balaban J connectivity index is 2.25. The molecule has 0 spiro atoms. The fourth-order valence-electron chi connectivity index (χ4n) is 1.14. The van der Waals surface area contributed by atoms with Crippen LogP contribution in [0.4, 0.5) is 0 Å². The highest BCUT2D eigenvalue weighted by Crippen LogP contribution is 2.01. The third-order valence-electron chi connectivity index (χ3n) is 1.87. The molecule has 0 aromatic carbocycles. The van der Waals surface area contributed by atoms with Crippen molar-refractivity contribution in [2.24, 2.45) is 0 Å². The van der Waals surface area contributed by atoms with Crippen molar-refractivity contribution in [1.82, 2.24) is 9.55 Å². The lowest BCUT2D eigenvalue weighted by molar-refractivity contribution is 0.603. The van der Waals surface area contributed by atoms with Crippen molar-refractivity contribution in [2.45, 2.75) is 32.7 Å². The summed E-state index contributed by atoms with van der Waals surface area (Å²) in [6.07, 6.45) is 13.5. The third kappa shape index (κ3) is 2.43. The van der Waals surface area contributed by atoms with Gasteiger partial charge in [0, 0.05) is 25.4 Å². The van der Waals surface area contributed by atoms with Crippen LogP contribution in [-0.4, -0.2) is 9.55 Å². The van der Waals surface area contributed by atoms with Crippen LogP contribution in [-0.2, 0) is 6.54 Å². The third-order valence-corrected chi connectivity index (χ3v) is 1.87. The molecule has 0 bridgehead atoms. The molecule has 1 aromatic rings. The lowest BCUT2D eigenvalue weighted by Gasteiger charge is -2.02.